The van der Waals surface area contributed by atoms with Crippen molar-refractivity contribution in [3.05, 3.63) is 57.8 Å². The summed E-state index contributed by atoms with van der Waals surface area (Å²) in [5.74, 6) is -1.22. The van der Waals surface area contributed by atoms with Gasteiger partial charge >= 0.3 is 5.97 Å². The van der Waals surface area contributed by atoms with E-state index in [0.717, 1.165) is 11.6 Å². The van der Waals surface area contributed by atoms with Crippen molar-refractivity contribution in [1.29, 1.82) is 0 Å². The van der Waals surface area contributed by atoms with E-state index >= 15 is 0 Å². The van der Waals surface area contributed by atoms with Crippen molar-refractivity contribution in [3.63, 3.8) is 0 Å². The van der Waals surface area contributed by atoms with E-state index in [1.165, 1.54) is 14.0 Å². The van der Waals surface area contributed by atoms with Crippen LogP contribution in [0.25, 0.3) is 22.3 Å². The predicted molar refractivity (Wildman–Crippen MR) is 150 cm³/mol. The first-order valence-corrected chi connectivity index (χ1v) is 13.3. The molecule has 1 saturated carbocycles. The Bertz CT molecular complexity index is 1480. The summed E-state index contributed by atoms with van der Waals surface area (Å²) >= 11 is 0. The minimum atomic E-state index is -1.05. The van der Waals surface area contributed by atoms with Gasteiger partial charge in [0.25, 0.3) is 0 Å². The van der Waals surface area contributed by atoms with Crippen molar-refractivity contribution in [2.45, 2.75) is 65.8 Å². The van der Waals surface area contributed by atoms with Crippen LogP contribution in [-0.4, -0.2) is 46.7 Å². The molecule has 5 atom stereocenters. The SMILES string of the molecule is COc1ccc(-c2oc3c(CC=C(C)C)c(O)cc(O)c3c(=O)c2O[C@@H]2C[C@H](C)[C@H](OC(C)=O)[C@@H](C)[C@H]2O)cc1. The van der Waals surface area contributed by atoms with Crippen LogP contribution in [0.5, 0.6) is 23.0 Å². The van der Waals surface area contributed by atoms with Crippen LogP contribution in [0.4, 0.5) is 0 Å². The Kier molecular flexibility index (Phi) is 8.44. The summed E-state index contributed by atoms with van der Waals surface area (Å²) in [7, 11) is 1.54. The molecule has 1 fully saturated rings. The fourth-order valence-corrected chi connectivity index (χ4v) is 5.29. The second kappa shape index (κ2) is 11.6. The van der Waals surface area contributed by atoms with Gasteiger partial charge < -0.3 is 33.9 Å². The first-order chi connectivity index (χ1) is 18.9. The topological polar surface area (TPSA) is 136 Å². The Labute approximate surface area is 232 Å². The summed E-state index contributed by atoms with van der Waals surface area (Å²) in [6, 6.07) is 7.93. The lowest BCUT2D eigenvalue weighted by Gasteiger charge is -2.41. The first-order valence-electron chi connectivity index (χ1n) is 13.3. The summed E-state index contributed by atoms with van der Waals surface area (Å²) in [5.41, 5.74) is 1.24. The fraction of sp³-hybridized carbons (Fsp3) is 0.419. The molecule has 0 saturated heterocycles. The van der Waals surface area contributed by atoms with E-state index in [1.807, 2.05) is 26.8 Å². The molecule has 9 heteroatoms. The summed E-state index contributed by atoms with van der Waals surface area (Å²) in [6.07, 6.45) is 0.0649. The maximum atomic E-state index is 14.0. The zero-order valence-corrected chi connectivity index (χ0v) is 23.6. The van der Waals surface area contributed by atoms with Crippen LogP contribution in [0.3, 0.4) is 0 Å². The van der Waals surface area contributed by atoms with Crippen LogP contribution in [-0.2, 0) is 16.0 Å². The van der Waals surface area contributed by atoms with Gasteiger partial charge in [0, 0.05) is 30.0 Å². The Balaban J connectivity index is 1.90. The van der Waals surface area contributed by atoms with Crippen LogP contribution < -0.4 is 14.9 Å². The van der Waals surface area contributed by atoms with Crippen molar-refractivity contribution in [3.8, 4) is 34.3 Å². The molecule has 0 unspecified atom stereocenters. The largest absolute Gasteiger partial charge is 0.507 e. The first kappa shape index (κ1) is 29.0. The number of phenolic OH excluding ortho intramolecular Hbond substituents is 2. The number of methoxy groups -OCH3 is 1. The lowest BCUT2D eigenvalue weighted by Crippen LogP contribution is -2.51. The van der Waals surface area contributed by atoms with Crippen molar-refractivity contribution >= 4 is 16.9 Å². The number of hydrogen-bond donors (Lipinski definition) is 3. The van der Waals surface area contributed by atoms with Gasteiger partial charge in [0.05, 0.1) is 13.2 Å². The lowest BCUT2D eigenvalue weighted by atomic mass is 9.76. The fourth-order valence-electron chi connectivity index (χ4n) is 5.29. The number of aliphatic hydroxyl groups excluding tert-OH is 1. The monoisotopic (exact) mass is 552 g/mol. The van der Waals surface area contributed by atoms with Crippen LogP contribution >= 0.6 is 0 Å². The van der Waals surface area contributed by atoms with E-state index in [-0.39, 0.29) is 40.6 Å². The second-order valence-corrected chi connectivity index (χ2v) is 10.7. The Hall–Kier alpha value is -3.98. The maximum absolute atomic E-state index is 14.0. The number of carbonyl (C=O) groups excluding carboxylic acids is 1. The molecule has 9 nitrogen and oxygen atoms in total. The number of carbonyl (C=O) groups is 1. The van der Waals surface area contributed by atoms with Gasteiger partial charge in [-0.1, -0.05) is 25.5 Å². The van der Waals surface area contributed by atoms with E-state index in [9.17, 15) is 24.9 Å². The third-order valence-corrected chi connectivity index (χ3v) is 7.42. The van der Waals surface area contributed by atoms with Crippen LogP contribution in [0.1, 0.15) is 46.6 Å². The standard InChI is InChI=1S/C31H36O9/c1-15(2)7-12-21-22(33)14-23(34)25-27(36)31(29(40-30(21)25)19-8-10-20(37-6)11-9-19)39-24-13-16(3)28(38-18(5)32)17(4)26(24)35/h7-11,14,16-17,24,26,28,33-35H,12-13H2,1-6H3/t16-,17-,24+,26+,28-/m0/s1. The van der Waals surface area contributed by atoms with E-state index in [2.05, 4.69) is 0 Å². The molecule has 3 N–H and O–H groups in total. The van der Waals surface area contributed by atoms with E-state index in [4.69, 9.17) is 18.6 Å². The molecule has 214 valence electrons. The molecule has 1 aliphatic rings. The highest BCUT2D eigenvalue weighted by Gasteiger charge is 2.44. The Morgan fingerprint density at radius 1 is 1.10 bits per heavy atom. The number of rotatable bonds is 7. The zero-order valence-electron chi connectivity index (χ0n) is 23.6. The molecular weight excluding hydrogens is 516 g/mol. The minimum Gasteiger partial charge on any atom is -0.507 e. The predicted octanol–water partition coefficient (Wildman–Crippen LogP) is 5.10. The Morgan fingerprint density at radius 2 is 1.77 bits per heavy atom. The van der Waals surface area contributed by atoms with Gasteiger partial charge in [0.1, 0.15) is 40.4 Å². The van der Waals surface area contributed by atoms with E-state index in [0.29, 0.717) is 23.3 Å². The molecule has 4 rings (SSSR count). The van der Waals surface area contributed by atoms with Gasteiger partial charge in [-0.3, -0.25) is 9.59 Å². The number of aliphatic hydroxyl groups is 1. The van der Waals surface area contributed by atoms with Gasteiger partial charge in [0.15, 0.2) is 5.76 Å². The molecule has 40 heavy (non-hydrogen) atoms. The third-order valence-electron chi connectivity index (χ3n) is 7.42. The molecule has 1 heterocycles. The quantitative estimate of drug-likeness (QED) is 0.270. The van der Waals surface area contributed by atoms with Gasteiger partial charge in [-0.2, -0.15) is 0 Å². The maximum Gasteiger partial charge on any atom is 0.302 e. The molecule has 1 aromatic heterocycles. The van der Waals surface area contributed by atoms with Crippen molar-refractivity contribution < 1.29 is 38.7 Å². The van der Waals surface area contributed by atoms with Crippen LogP contribution in [0, 0.1) is 11.8 Å². The number of fused-ring (bicyclic) bond motifs is 1. The molecule has 0 aliphatic heterocycles. The highest BCUT2D eigenvalue weighted by Crippen LogP contribution is 2.41. The molecule has 0 amide bonds. The smallest absolute Gasteiger partial charge is 0.302 e. The molecule has 0 spiro atoms. The van der Waals surface area contributed by atoms with E-state index < -0.39 is 41.4 Å². The van der Waals surface area contributed by atoms with Gasteiger partial charge in [-0.05, 0) is 56.9 Å². The summed E-state index contributed by atoms with van der Waals surface area (Å²) in [5, 5.41) is 32.4. The number of ether oxygens (including phenoxy) is 3. The number of allylic oxidation sites excluding steroid dienone is 2. The molecule has 3 aromatic rings. The van der Waals surface area contributed by atoms with Crippen molar-refractivity contribution in [2.24, 2.45) is 11.8 Å². The van der Waals surface area contributed by atoms with Gasteiger partial charge in [-0.15, -0.1) is 0 Å². The van der Waals surface area contributed by atoms with Gasteiger partial charge in [-0.25, -0.2) is 0 Å². The molecular formula is C31H36O9. The number of phenols is 2. The van der Waals surface area contributed by atoms with Crippen LogP contribution in [0.2, 0.25) is 0 Å². The van der Waals surface area contributed by atoms with Crippen molar-refractivity contribution in [2.75, 3.05) is 7.11 Å². The van der Waals surface area contributed by atoms with Crippen LogP contribution in [0.15, 0.2) is 51.2 Å². The summed E-state index contributed by atoms with van der Waals surface area (Å²) in [4.78, 5) is 25.6. The van der Waals surface area contributed by atoms with Gasteiger partial charge in [0.2, 0.25) is 11.2 Å². The Morgan fingerprint density at radius 3 is 2.38 bits per heavy atom. The molecule has 1 aliphatic carbocycles. The van der Waals surface area contributed by atoms with Crippen molar-refractivity contribution in [1.82, 2.24) is 0 Å². The second-order valence-electron chi connectivity index (χ2n) is 10.7. The number of benzene rings is 2. The third kappa shape index (κ3) is 5.65. The minimum absolute atomic E-state index is 0.0408. The highest BCUT2D eigenvalue weighted by molar-refractivity contribution is 5.91. The number of esters is 1. The molecule has 0 bridgehead atoms. The number of hydrogen-bond acceptors (Lipinski definition) is 9. The lowest BCUT2D eigenvalue weighted by molar-refractivity contribution is -0.165. The molecule has 2 aromatic carbocycles. The zero-order chi connectivity index (χ0) is 29.3. The van der Waals surface area contributed by atoms with E-state index in [1.54, 1.807) is 31.2 Å². The highest BCUT2D eigenvalue weighted by atomic mass is 16.5. The molecule has 0 radical (unpaired) electrons. The summed E-state index contributed by atoms with van der Waals surface area (Å²) in [6.45, 7) is 8.80. The normalized spacial score (nSPS) is 22.5. The summed E-state index contributed by atoms with van der Waals surface area (Å²) < 4.78 is 23.3. The number of aromatic hydroxyl groups is 2. The average Bonchev–Trinajstić information content (AvgIpc) is 2.90. The average molecular weight is 553 g/mol.